The van der Waals surface area contributed by atoms with Crippen LogP contribution in [0.2, 0.25) is 0 Å². The predicted molar refractivity (Wildman–Crippen MR) is 86.1 cm³/mol. The van der Waals surface area contributed by atoms with Crippen molar-refractivity contribution in [2.45, 2.75) is 45.1 Å². The summed E-state index contributed by atoms with van der Waals surface area (Å²) in [6.07, 6.45) is 7.99. The van der Waals surface area contributed by atoms with Gasteiger partial charge in [0.05, 0.1) is 11.5 Å². The summed E-state index contributed by atoms with van der Waals surface area (Å²) in [5, 5.41) is 4.77. The molecule has 4 nitrogen and oxygen atoms in total. The van der Waals surface area contributed by atoms with Crippen LogP contribution < -0.4 is 5.32 Å². The molecule has 1 N–H and O–H groups in total. The van der Waals surface area contributed by atoms with Crippen molar-refractivity contribution < 1.29 is 4.74 Å². The molecule has 0 saturated carbocycles. The number of hydrogen-bond acceptors (Lipinski definition) is 5. The van der Waals surface area contributed by atoms with E-state index in [1.165, 1.54) is 41.5 Å². The Morgan fingerprint density at radius 1 is 1.38 bits per heavy atom. The molecule has 2 unspecified atom stereocenters. The Labute approximate surface area is 128 Å². The Morgan fingerprint density at radius 2 is 2.33 bits per heavy atom. The minimum atomic E-state index is 0.337. The van der Waals surface area contributed by atoms with Crippen LogP contribution in [-0.2, 0) is 17.6 Å². The second-order valence-electron chi connectivity index (χ2n) is 6.27. The fraction of sp³-hybridized carbons (Fsp3) is 0.625. The molecule has 0 radical (unpaired) electrons. The molecule has 1 saturated heterocycles. The van der Waals surface area contributed by atoms with Gasteiger partial charge in [0.2, 0.25) is 0 Å². The molecule has 2 aromatic rings. The molecule has 2 aliphatic rings. The third kappa shape index (κ3) is 2.53. The van der Waals surface area contributed by atoms with Gasteiger partial charge in [0.1, 0.15) is 17.0 Å². The van der Waals surface area contributed by atoms with Gasteiger partial charge in [-0.15, -0.1) is 11.3 Å². The minimum Gasteiger partial charge on any atom is -0.376 e. The quantitative estimate of drug-likeness (QED) is 0.944. The fourth-order valence-electron chi connectivity index (χ4n) is 3.42. The summed E-state index contributed by atoms with van der Waals surface area (Å²) in [4.78, 5) is 11.6. The van der Waals surface area contributed by atoms with Crippen LogP contribution in [0, 0.1) is 5.92 Å². The van der Waals surface area contributed by atoms with Crippen LogP contribution in [0.5, 0.6) is 0 Å². The molecule has 2 atom stereocenters. The normalized spacial score (nSPS) is 25.2. The molecule has 112 valence electrons. The van der Waals surface area contributed by atoms with Crippen molar-refractivity contribution in [2.24, 2.45) is 5.92 Å². The van der Waals surface area contributed by atoms with E-state index in [-0.39, 0.29) is 0 Å². The summed E-state index contributed by atoms with van der Waals surface area (Å²) < 4.78 is 5.69. The molecular formula is C16H21N3OS. The largest absolute Gasteiger partial charge is 0.376 e. The highest BCUT2D eigenvalue weighted by Gasteiger charge is 2.23. The van der Waals surface area contributed by atoms with Gasteiger partial charge in [-0.25, -0.2) is 9.97 Å². The molecule has 0 spiro atoms. The monoisotopic (exact) mass is 303 g/mol. The number of aromatic nitrogens is 2. The fourth-order valence-corrected chi connectivity index (χ4v) is 4.78. The van der Waals surface area contributed by atoms with Crippen molar-refractivity contribution in [1.29, 1.82) is 0 Å². The maximum atomic E-state index is 5.69. The van der Waals surface area contributed by atoms with Gasteiger partial charge in [-0.3, -0.25) is 0 Å². The molecule has 1 aliphatic heterocycles. The number of anilines is 1. The highest BCUT2D eigenvalue weighted by Crippen LogP contribution is 2.39. The van der Waals surface area contributed by atoms with E-state index in [0.29, 0.717) is 6.10 Å². The zero-order valence-electron chi connectivity index (χ0n) is 12.4. The van der Waals surface area contributed by atoms with Gasteiger partial charge in [-0.05, 0) is 43.6 Å². The molecule has 21 heavy (non-hydrogen) atoms. The van der Waals surface area contributed by atoms with Crippen molar-refractivity contribution in [2.75, 3.05) is 18.5 Å². The van der Waals surface area contributed by atoms with Gasteiger partial charge in [-0.2, -0.15) is 0 Å². The predicted octanol–water partition coefficient (Wildman–Crippen LogP) is 3.41. The highest BCUT2D eigenvalue weighted by molar-refractivity contribution is 7.19. The van der Waals surface area contributed by atoms with Crippen LogP contribution in [0.4, 0.5) is 5.82 Å². The molecule has 0 amide bonds. The van der Waals surface area contributed by atoms with Gasteiger partial charge < -0.3 is 10.1 Å². The summed E-state index contributed by atoms with van der Waals surface area (Å²) in [6, 6.07) is 0. The Morgan fingerprint density at radius 3 is 3.19 bits per heavy atom. The number of rotatable bonds is 3. The van der Waals surface area contributed by atoms with Gasteiger partial charge in [0, 0.05) is 18.0 Å². The molecule has 4 rings (SSSR count). The van der Waals surface area contributed by atoms with E-state index in [4.69, 9.17) is 4.74 Å². The first-order valence-electron chi connectivity index (χ1n) is 7.92. The van der Waals surface area contributed by atoms with Gasteiger partial charge in [-0.1, -0.05) is 6.92 Å². The highest BCUT2D eigenvalue weighted by atomic mass is 32.1. The molecule has 2 aromatic heterocycles. The standard InChI is InChI=1S/C16H21N3OS/c1-10-4-5-12-13(7-10)21-16-14(12)15(18-9-19-16)17-8-11-3-2-6-20-11/h9-11H,2-8H2,1H3,(H,17,18,19). The Hall–Kier alpha value is -1.20. The third-order valence-electron chi connectivity index (χ3n) is 4.61. The van der Waals surface area contributed by atoms with Crippen molar-refractivity contribution >= 4 is 27.4 Å². The van der Waals surface area contributed by atoms with Crippen LogP contribution in [0.15, 0.2) is 6.33 Å². The molecule has 1 fully saturated rings. The summed E-state index contributed by atoms with van der Waals surface area (Å²) >= 11 is 1.85. The summed E-state index contributed by atoms with van der Waals surface area (Å²) in [5.74, 6) is 1.80. The lowest BCUT2D eigenvalue weighted by atomic mass is 9.89. The Kier molecular flexibility index (Phi) is 3.55. The number of nitrogens with zero attached hydrogens (tertiary/aromatic N) is 2. The van der Waals surface area contributed by atoms with Crippen LogP contribution in [-0.4, -0.2) is 29.2 Å². The smallest absolute Gasteiger partial charge is 0.138 e. The van der Waals surface area contributed by atoms with Gasteiger partial charge in [0.15, 0.2) is 0 Å². The molecule has 5 heteroatoms. The van der Waals surface area contributed by atoms with E-state index in [2.05, 4.69) is 22.2 Å². The molecule has 0 bridgehead atoms. The minimum absolute atomic E-state index is 0.337. The zero-order valence-corrected chi connectivity index (χ0v) is 13.2. The van der Waals surface area contributed by atoms with E-state index >= 15 is 0 Å². The maximum absolute atomic E-state index is 5.69. The number of aryl methyl sites for hydroxylation is 1. The number of hydrogen-bond donors (Lipinski definition) is 1. The van der Waals surface area contributed by atoms with E-state index in [0.717, 1.165) is 36.1 Å². The van der Waals surface area contributed by atoms with E-state index in [1.807, 2.05) is 11.3 Å². The Balaban J connectivity index is 1.65. The van der Waals surface area contributed by atoms with Crippen molar-refractivity contribution in [3.8, 4) is 0 Å². The zero-order chi connectivity index (χ0) is 14.2. The number of fused-ring (bicyclic) bond motifs is 3. The van der Waals surface area contributed by atoms with Crippen LogP contribution >= 0.6 is 11.3 Å². The lowest BCUT2D eigenvalue weighted by Gasteiger charge is -2.18. The molecule has 3 heterocycles. The van der Waals surface area contributed by atoms with E-state index in [1.54, 1.807) is 6.33 Å². The first-order chi connectivity index (χ1) is 10.3. The molecular weight excluding hydrogens is 282 g/mol. The Bertz CT molecular complexity index is 648. The second kappa shape index (κ2) is 5.54. The molecule has 0 aromatic carbocycles. The van der Waals surface area contributed by atoms with Crippen LogP contribution in [0.1, 0.15) is 36.6 Å². The SMILES string of the molecule is CC1CCc2c(sc3ncnc(NCC4CCCO4)c23)C1. The van der Waals surface area contributed by atoms with Crippen molar-refractivity contribution in [1.82, 2.24) is 9.97 Å². The topological polar surface area (TPSA) is 47.0 Å². The van der Waals surface area contributed by atoms with Gasteiger partial charge >= 0.3 is 0 Å². The average molecular weight is 303 g/mol. The van der Waals surface area contributed by atoms with Crippen molar-refractivity contribution in [3.05, 3.63) is 16.8 Å². The van der Waals surface area contributed by atoms with Crippen LogP contribution in [0.25, 0.3) is 10.2 Å². The summed E-state index contributed by atoms with van der Waals surface area (Å²) in [7, 11) is 0. The summed E-state index contributed by atoms with van der Waals surface area (Å²) in [6.45, 7) is 4.10. The molecule has 1 aliphatic carbocycles. The lowest BCUT2D eigenvalue weighted by Crippen LogP contribution is -2.19. The van der Waals surface area contributed by atoms with Crippen LogP contribution in [0.3, 0.4) is 0 Å². The first kappa shape index (κ1) is 13.5. The van der Waals surface area contributed by atoms with Gasteiger partial charge in [0.25, 0.3) is 0 Å². The summed E-state index contributed by atoms with van der Waals surface area (Å²) in [5.41, 5.74) is 1.49. The first-order valence-corrected chi connectivity index (χ1v) is 8.73. The van der Waals surface area contributed by atoms with Crippen molar-refractivity contribution in [3.63, 3.8) is 0 Å². The number of ether oxygens (including phenoxy) is 1. The number of thiophene rings is 1. The second-order valence-corrected chi connectivity index (χ2v) is 7.35. The van der Waals surface area contributed by atoms with E-state index < -0.39 is 0 Å². The third-order valence-corrected chi connectivity index (χ3v) is 5.78. The van der Waals surface area contributed by atoms with E-state index in [9.17, 15) is 0 Å². The maximum Gasteiger partial charge on any atom is 0.138 e. The average Bonchev–Trinajstić information content (AvgIpc) is 3.11. The lowest BCUT2D eigenvalue weighted by molar-refractivity contribution is 0.120. The number of nitrogens with one attached hydrogen (secondary N) is 1.